The number of amides is 3. The third kappa shape index (κ3) is 5.43. The van der Waals surface area contributed by atoms with Gasteiger partial charge in [0.25, 0.3) is 5.91 Å². The first-order chi connectivity index (χ1) is 15.9. The fourth-order valence-electron chi connectivity index (χ4n) is 2.93. The molecule has 3 rings (SSSR count). The number of methoxy groups -OCH3 is 1. The summed E-state index contributed by atoms with van der Waals surface area (Å²) in [4.78, 5) is 27.9. The normalized spacial score (nSPS) is 11.3. The Bertz CT molecular complexity index is 1280. The molecule has 1 heterocycles. The molecule has 0 bridgehead atoms. The second-order valence-electron chi connectivity index (χ2n) is 7.83. The van der Waals surface area contributed by atoms with E-state index in [9.17, 15) is 23.5 Å². The molecule has 0 aliphatic heterocycles. The summed E-state index contributed by atoms with van der Waals surface area (Å²) < 4.78 is 40.3. The number of nitrogens with zero attached hydrogens (tertiary/aromatic N) is 1. The lowest BCUT2D eigenvalue weighted by Crippen LogP contribution is -2.40. The molecule has 5 N–H and O–H groups in total. The average molecular weight is 495 g/mol. The first-order valence-corrected chi connectivity index (χ1v) is 10.2. The number of ether oxygens (including phenoxy) is 2. The van der Waals surface area contributed by atoms with E-state index in [1.165, 1.54) is 45.4 Å². The van der Waals surface area contributed by atoms with Crippen LogP contribution in [0.15, 0.2) is 30.5 Å². The van der Waals surface area contributed by atoms with Gasteiger partial charge < -0.3 is 30.9 Å². The van der Waals surface area contributed by atoms with Crippen LogP contribution in [0.4, 0.5) is 19.3 Å². The molecule has 0 atom stereocenters. The summed E-state index contributed by atoms with van der Waals surface area (Å²) in [5.41, 5.74) is 4.17. The number of primary amides is 1. The van der Waals surface area contributed by atoms with Crippen LogP contribution >= 0.6 is 11.6 Å². The summed E-state index contributed by atoms with van der Waals surface area (Å²) in [6, 6.07) is 4.05. The largest absolute Gasteiger partial charge is 0.496 e. The highest BCUT2D eigenvalue weighted by atomic mass is 35.5. The molecule has 0 aliphatic carbocycles. The summed E-state index contributed by atoms with van der Waals surface area (Å²) in [7, 11) is 1.35. The fourth-order valence-corrected chi connectivity index (χ4v) is 3.12. The van der Waals surface area contributed by atoms with Crippen molar-refractivity contribution in [2.24, 2.45) is 5.73 Å². The van der Waals surface area contributed by atoms with E-state index < -0.39 is 39.9 Å². The number of urea groups is 1. The highest BCUT2D eigenvalue weighted by Gasteiger charge is 2.23. The molecule has 2 aromatic carbocycles. The Kier molecular flexibility index (Phi) is 7.08. The van der Waals surface area contributed by atoms with Crippen molar-refractivity contribution in [1.82, 2.24) is 10.3 Å². The Hall–Kier alpha value is -3.70. The van der Waals surface area contributed by atoms with E-state index in [4.69, 9.17) is 26.8 Å². The zero-order chi connectivity index (χ0) is 25.2. The number of nitrogens with two attached hydrogens (primary N) is 1. The average Bonchev–Trinajstić information content (AvgIpc) is 2.77. The number of benzene rings is 2. The van der Waals surface area contributed by atoms with Crippen molar-refractivity contribution >= 4 is 40.1 Å². The van der Waals surface area contributed by atoms with Gasteiger partial charge in [-0.15, -0.1) is 0 Å². The minimum absolute atomic E-state index is 0.0171. The lowest BCUT2D eigenvalue weighted by Gasteiger charge is -2.18. The Morgan fingerprint density at radius 3 is 2.56 bits per heavy atom. The topological polar surface area (TPSA) is 136 Å². The number of rotatable bonds is 7. The number of aromatic nitrogens is 1. The zero-order valence-electron chi connectivity index (χ0n) is 18.3. The number of aliphatic hydroxyl groups is 1. The van der Waals surface area contributed by atoms with Crippen molar-refractivity contribution in [2.45, 2.75) is 19.4 Å². The maximum absolute atomic E-state index is 14.9. The Balaban J connectivity index is 1.96. The van der Waals surface area contributed by atoms with Gasteiger partial charge in [0.1, 0.15) is 16.5 Å². The first kappa shape index (κ1) is 24.9. The van der Waals surface area contributed by atoms with E-state index in [-0.39, 0.29) is 34.7 Å². The van der Waals surface area contributed by atoms with Crippen LogP contribution in [0.1, 0.15) is 24.2 Å². The van der Waals surface area contributed by atoms with Gasteiger partial charge in [-0.2, -0.15) is 0 Å². The van der Waals surface area contributed by atoms with Crippen molar-refractivity contribution in [3.63, 3.8) is 0 Å². The summed E-state index contributed by atoms with van der Waals surface area (Å²) in [5.74, 6) is -3.92. The molecule has 180 valence electrons. The number of nitrogens with one attached hydrogen (secondary N) is 2. The zero-order valence-corrected chi connectivity index (χ0v) is 19.1. The summed E-state index contributed by atoms with van der Waals surface area (Å²) in [6.45, 7) is 2.82. The predicted octanol–water partition coefficient (Wildman–Crippen LogP) is 3.96. The second kappa shape index (κ2) is 9.65. The van der Waals surface area contributed by atoms with Gasteiger partial charge in [-0.05, 0) is 26.0 Å². The Morgan fingerprint density at radius 2 is 1.94 bits per heavy atom. The van der Waals surface area contributed by atoms with E-state index in [1.807, 2.05) is 0 Å². The van der Waals surface area contributed by atoms with Gasteiger partial charge in [-0.1, -0.05) is 11.6 Å². The minimum atomic E-state index is -1.27. The van der Waals surface area contributed by atoms with Crippen LogP contribution in [0, 0.1) is 11.6 Å². The highest BCUT2D eigenvalue weighted by Crippen LogP contribution is 2.39. The lowest BCUT2D eigenvalue weighted by molar-refractivity contribution is 0.0826. The highest BCUT2D eigenvalue weighted by molar-refractivity contribution is 6.34. The predicted molar refractivity (Wildman–Crippen MR) is 122 cm³/mol. The van der Waals surface area contributed by atoms with Gasteiger partial charge >= 0.3 is 6.03 Å². The molecule has 0 radical (unpaired) electrons. The van der Waals surface area contributed by atoms with Crippen molar-refractivity contribution in [3.8, 4) is 17.2 Å². The number of hydrogen-bond acceptors (Lipinski definition) is 6. The van der Waals surface area contributed by atoms with Gasteiger partial charge in [0.15, 0.2) is 17.4 Å². The van der Waals surface area contributed by atoms with Gasteiger partial charge in [-0.3, -0.25) is 9.78 Å². The van der Waals surface area contributed by atoms with Crippen LogP contribution < -0.4 is 25.8 Å². The molecule has 0 saturated carbocycles. The van der Waals surface area contributed by atoms with Crippen LogP contribution in [-0.2, 0) is 0 Å². The van der Waals surface area contributed by atoms with Gasteiger partial charge in [0.2, 0.25) is 0 Å². The third-order valence-corrected chi connectivity index (χ3v) is 4.92. The fraction of sp³-hybridized carbons (Fsp3) is 0.227. The molecular formula is C22H21ClF2N4O5. The lowest BCUT2D eigenvalue weighted by atomic mass is 10.1. The van der Waals surface area contributed by atoms with Gasteiger partial charge in [0, 0.05) is 30.3 Å². The number of carbonyl (C=O) groups excluding carboxylic acids is 2. The quantitative estimate of drug-likeness (QED) is 0.367. The van der Waals surface area contributed by atoms with Crippen molar-refractivity contribution in [2.75, 3.05) is 19.0 Å². The second-order valence-corrected chi connectivity index (χ2v) is 8.21. The van der Waals surface area contributed by atoms with Crippen LogP contribution in [0.2, 0.25) is 5.02 Å². The van der Waals surface area contributed by atoms with E-state index in [0.29, 0.717) is 5.52 Å². The van der Waals surface area contributed by atoms with Gasteiger partial charge in [-0.25, -0.2) is 13.6 Å². The van der Waals surface area contributed by atoms with Crippen LogP contribution in [0.3, 0.4) is 0 Å². The van der Waals surface area contributed by atoms with Crippen LogP contribution in [0.25, 0.3) is 10.9 Å². The SMILES string of the molecule is COc1cc2nccc(Oc3c(F)cc(NC(=O)NCC(C)(C)O)c(Cl)c3F)c2cc1C(N)=O. The van der Waals surface area contributed by atoms with Gasteiger partial charge in [0.05, 0.1) is 29.5 Å². The third-order valence-electron chi connectivity index (χ3n) is 4.55. The van der Waals surface area contributed by atoms with E-state index in [2.05, 4.69) is 15.6 Å². The summed E-state index contributed by atoms with van der Waals surface area (Å²) in [6.07, 6.45) is 1.33. The van der Waals surface area contributed by atoms with Crippen LogP contribution in [0.5, 0.6) is 17.2 Å². The molecule has 1 aromatic heterocycles. The molecule has 34 heavy (non-hydrogen) atoms. The maximum atomic E-state index is 14.9. The molecule has 0 aliphatic rings. The van der Waals surface area contributed by atoms with Crippen LogP contribution in [-0.4, -0.2) is 41.3 Å². The van der Waals surface area contributed by atoms with E-state index >= 15 is 0 Å². The number of carbonyl (C=O) groups is 2. The van der Waals surface area contributed by atoms with E-state index in [0.717, 1.165) is 6.07 Å². The molecule has 0 spiro atoms. The number of pyridine rings is 1. The first-order valence-electron chi connectivity index (χ1n) is 9.80. The Labute approximate surface area is 197 Å². The molecule has 0 fully saturated rings. The molecule has 3 aromatic rings. The molecule has 12 heteroatoms. The number of fused-ring (bicyclic) bond motifs is 1. The van der Waals surface area contributed by atoms with E-state index in [1.54, 1.807) is 0 Å². The number of halogens is 3. The molecule has 3 amide bonds. The smallest absolute Gasteiger partial charge is 0.319 e. The number of hydrogen-bond donors (Lipinski definition) is 4. The standard InChI is InChI=1S/C22H21ClF2N4O5/c1-22(2,32)9-28-21(31)29-14-7-12(24)19(18(25)17(14)23)34-15-4-5-27-13-8-16(33-3)11(20(26)30)6-10(13)15/h4-8,32H,9H2,1-3H3,(H2,26,30)(H2,28,29,31). The molecular weight excluding hydrogens is 474 g/mol. The summed E-state index contributed by atoms with van der Waals surface area (Å²) >= 11 is 5.99. The van der Waals surface area contributed by atoms with Crippen molar-refractivity contribution in [1.29, 1.82) is 0 Å². The van der Waals surface area contributed by atoms with Crippen molar-refractivity contribution in [3.05, 3.63) is 52.7 Å². The maximum Gasteiger partial charge on any atom is 0.319 e. The number of anilines is 1. The Morgan fingerprint density at radius 1 is 1.24 bits per heavy atom. The molecule has 0 saturated heterocycles. The van der Waals surface area contributed by atoms with Crippen molar-refractivity contribution < 1.29 is 33.0 Å². The molecule has 9 nitrogen and oxygen atoms in total. The monoisotopic (exact) mass is 494 g/mol. The summed E-state index contributed by atoms with van der Waals surface area (Å²) in [5, 5.41) is 13.9. The minimum Gasteiger partial charge on any atom is -0.496 e. The molecule has 0 unspecified atom stereocenters.